The molecule has 0 saturated heterocycles. The summed E-state index contributed by atoms with van der Waals surface area (Å²) in [6.07, 6.45) is 2.48. The van der Waals surface area contributed by atoms with E-state index in [1.807, 2.05) is 6.07 Å². The predicted molar refractivity (Wildman–Crippen MR) is 118 cm³/mol. The normalized spacial score (nSPS) is 17.9. The number of fused-ring (bicyclic) bond motifs is 1. The number of nitrogens with zero attached hydrogens (tertiary/aromatic N) is 4. The molecule has 14 heteroatoms. The number of nitrogens with one attached hydrogen (secondary N) is 2. The van der Waals surface area contributed by atoms with Gasteiger partial charge in [-0.05, 0) is 18.9 Å². The van der Waals surface area contributed by atoms with Gasteiger partial charge in [0.05, 0.1) is 17.4 Å². The number of carbonyl (C=O) groups excluding carboxylic acids is 1. The van der Waals surface area contributed by atoms with Gasteiger partial charge in [0.25, 0.3) is 5.91 Å². The van der Waals surface area contributed by atoms with Gasteiger partial charge < -0.3 is 21.5 Å². The summed E-state index contributed by atoms with van der Waals surface area (Å²) in [5.41, 5.74) is 7.94. The molecule has 10 nitrogen and oxygen atoms in total. The third-order valence-electron chi connectivity index (χ3n) is 5.04. The summed E-state index contributed by atoms with van der Waals surface area (Å²) in [5, 5.41) is 30.0. The summed E-state index contributed by atoms with van der Waals surface area (Å²) in [4.78, 5) is 26.1. The third-order valence-corrected chi connectivity index (χ3v) is 5.78. The maximum Gasteiger partial charge on any atom is 0.490 e. The summed E-state index contributed by atoms with van der Waals surface area (Å²) < 4.78 is 33.3. The third kappa shape index (κ3) is 6.00. The van der Waals surface area contributed by atoms with Crippen molar-refractivity contribution in [2.75, 3.05) is 10.6 Å². The first-order chi connectivity index (χ1) is 16.1. The van der Waals surface area contributed by atoms with Gasteiger partial charge in [0.1, 0.15) is 17.5 Å². The van der Waals surface area contributed by atoms with Crippen LogP contribution in [0.25, 0.3) is 5.65 Å². The van der Waals surface area contributed by atoms with E-state index < -0.39 is 12.1 Å². The number of thiophene rings is 1. The van der Waals surface area contributed by atoms with Gasteiger partial charge in [0, 0.05) is 29.0 Å². The topological polar surface area (TPSA) is 158 Å². The fourth-order valence-corrected chi connectivity index (χ4v) is 4.01. The van der Waals surface area contributed by atoms with Crippen LogP contribution in [-0.2, 0) is 4.79 Å². The van der Waals surface area contributed by atoms with Crippen LogP contribution in [-0.4, -0.2) is 49.8 Å². The minimum Gasteiger partial charge on any atom is -0.475 e. The van der Waals surface area contributed by atoms with Gasteiger partial charge in [-0.15, -0.1) is 11.3 Å². The van der Waals surface area contributed by atoms with Crippen molar-refractivity contribution in [2.45, 2.75) is 43.9 Å². The Morgan fingerprint density at radius 3 is 2.65 bits per heavy atom. The van der Waals surface area contributed by atoms with Crippen LogP contribution in [0.1, 0.15) is 41.6 Å². The second-order valence-electron chi connectivity index (χ2n) is 7.41. The molecule has 34 heavy (non-hydrogen) atoms. The lowest BCUT2D eigenvalue weighted by atomic mass is 9.91. The second kappa shape index (κ2) is 10.5. The SMILES string of the molecule is N#Cc1cscc1NC(=O)c1cnn2ccc(N[C@@H]3CCCC[C@@H]3N)nc12.O=C(O)C(F)(F)F. The van der Waals surface area contributed by atoms with E-state index >= 15 is 0 Å². The van der Waals surface area contributed by atoms with Crippen LogP contribution in [0.4, 0.5) is 24.7 Å². The molecule has 4 rings (SSSR count). The molecule has 3 aromatic heterocycles. The highest BCUT2D eigenvalue weighted by Crippen LogP contribution is 2.23. The molecular weight excluding hydrogens is 475 g/mol. The number of hydrogen-bond acceptors (Lipinski definition) is 8. The van der Waals surface area contributed by atoms with Crippen LogP contribution < -0.4 is 16.4 Å². The number of nitriles is 1. The van der Waals surface area contributed by atoms with E-state index in [0.717, 1.165) is 25.7 Å². The van der Waals surface area contributed by atoms with E-state index in [1.165, 1.54) is 17.5 Å². The van der Waals surface area contributed by atoms with Crippen molar-refractivity contribution in [1.82, 2.24) is 14.6 Å². The minimum absolute atomic E-state index is 0.104. The smallest absolute Gasteiger partial charge is 0.475 e. The van der Waals surface area contributed by atoms with Crippen molar-refractivity contribution < 1.29 is 27.9 Å². The van der Waals surface area contributed by atoms with Gasteiger partial charge in [-0.3, -0.25) is 4.79 Å². The van der Waals surface area contributed by atoms with Gasteiger partial charge in [0.2, 0.25) is 0 Å². The molecule has 2 atom stereocenters. The average molecular weight is 495 g/mol. The lowest BCUT2D eigenvalue weighted by molar-refractivity contribution is -0.192. The molecule has 5 N–H and O–H groups in total. The molecule has 0 aromatic carbocycles. The van der Waals surface area contributed by atoms with E-state index in [4.69, 9.17) is 20.9 Å². The fraction of sp³-hybridized carbons (Fsp3) is 0.350. The molecule has 0 aliphatic heterocycles. The number of rotatable bonds is 4. The standard InChI is InChI=1S/C18H19N7OS.C2HF3O2/c19-7-11-9-27-10-15(11)23-18(26)12-8-21-25-6-5-16(24-17(12)25)22-14-4-2-1-3-13(14)20;3-2(4,5)1(6)7/h5-6,8-10,13-14H,1-4,20H2,(H,22,24)(H,23,26);(H,6,7)/t13-,14+;/m0./s1. The quantitative estimate of drug-likeness (QED) is 0.429. The molecule has 0 spiro atoms. The number of nitrogens with two attached hydrogens (primary N) is 1. The van der Waals surface area contributed by atoms with E-state index in [1.54, 1.807) is 21.5 Å². The molecule has 180 valence electrons. The molecule has 1 aliphatic rings. The molecule has 3 aromatic rings. The summed E-state index contributed by atoms with van der Waals surface area (Å²) >= 11 is 1.36. The molecule has 1 amide bonds. The van der Waals surface area contributed by atoms with Crippen molar-refractivity contribution in [3.05, 3.63) is 40.3 Å². The highest BCUT2D eigenvalue weighted by atomic mass is 32.1. The Bertz CT molecular complexity index is 1220. The molecule has 0 bridgehead atoms. The summed E-state index contributed by atoms with van der Waals surface area (Å²) in [7, 11) is 0. The number of carboxylic acid groups (broad SMARTS) is 1. The Labute approximate surface area is 195 Å². The number of aliphatic carboxylic acids is 1. The monoisotopic (exact) mass is 495 g/mol. The highest BCUT2D eigenvalue weighted by Gasteiger charge is 2.38. The highest BCUT2D eigenvalue weighted by molar-refractivity contribution is 7.08. The molecule has 1 saturated carbocycles. The Hall–Kier alpha value is -3.70. The molecule has 0 unspecified atom stereocenters. The van der Waals surface area contributed by atoms with Crippen LogP contribution >= 0.6 is 11.3 Å². The number of amides is 1. The van der Waals surface area contributed by atoms with Crippen LogP contribution in [0.3, 0.4) is 0 Å². The molecule has 0 radical (unpaired) electrons. The first-order valence-electron chi connectivity index (χ1n) is 10.0. The number of carboxylic acids is 1. The zero-order valence-electron chi connectivity index (χ0n) is 17.5. The van der Waals surface area contributed by atoms with E-state index in [2.05, 4.69) is 26.8 Å². The van der Waals surface area contributed by atoms with Crippen LogP contribution in [0.5, 0.6) is 0 Å². The van der Waals surface area contributed by atoms with Gasteiger partial charge in [-0.1, -0.05) is 12.8 Å². The lowest BCUT2D eigenvalue weighted by Crippen LogP contribution is -2.42. The van der Waals surface area contributed by atoms with Crippen LogP contribution in [0, 0.1) is 11.3 Å². The summed E-state index contributed by atoms with van der Waals surface area (Å²) in [6.45, 7) is 0. The Morgan fingerprint density at radius 1 is 1.29 bits per heavy atom. The summed E-state index contributed by atoms with van der Waals surface area (Å²) in [6, 6.07) is 4.17. The van der Waals surface area contributed by atoms with E-state index in [0.29, 0.717) is 28.3 Å². The second-order valence-corrected chi connectivity index (χ2v) is 8.15. The van der Waals surface area contributed by atoms with Gasteiger partial charge >= 0.3 is 12.1 Å². The first kappa shape index (κ1) is 24.9. The number of carbonyl (C=O) groups is 2. The number of aromatic nitrogens is 3. The molecule has 3 heterocycles. The van der Waals surface area contributed by atoms with E-state index in [-0.39, 0.29) is 18.0 Å². The zero-order valence-corrected chi connectivity index (χ0v) is 18.4. The first-order valence-corrected chi connectivity index (χ1v) is 11.0. The van der Waals surface area contributed by atoms with Gasteiger partial charge in [-0.2, -0.15) is 23.5 Å². The minimum atomic E-state index is -5.08. The Morgan fingerprint density at radius 2 is 2.00 bits per heavy atom. The molecule has 1 fully saturated rings. The largest absolute Gasteiger partial charge is 0.490 e. The maximum atomic E-state index is 12.7. The molecule has 1 aliphatic carbocycles. The zero-order chi connectivity index (χ0) is 24.9. The lowest BCUT2D eigenvalue weighted by Gasteiger charge is -2.29. The van der Waals surface area contributed by atoms with Crippen molar-refractivity contribution in [3.63, 3.8) is 0 Å². The maximum absolute atomic E-state index is 12.7. The fourth-order valence-electron chi connectivity index (χ4n) is 3.31. The van der Waals surface area contributed by atoms with E-state index in [9.17, 15) is 18.0 Å². The van der Waals surface area contributed by atoms with Crippen molar-refractivity contribution >= 4 is 40.4 Å². The molecular formula is C20H20F3N7O3S. The Kier molecular flexibility index (Phi) is 7.69. The Balaban J connectivity index is 0.000000406. The summed E-state index contributed by atoms with van der Waals surface area (Å²) in [5.74, 6) is -2.43. The van der Waals surface area contributed by atoms with Crippen molar-refractivity contribution in [3.8, 4) is 6.07 Å². The van der Waals surface area contributed by atoms with Crippen molar-refractivity contribution in [2.24, 2.45) is 5.73 Å². The van der Waals surface area contributed by atoms with Crippen molar-refractivity contribution in [1.29, 1.82) is 5.26 Å². The van der Waals surface area contributed by atoms with Crippen LogP contribution in [0.15, 0.2) is 29.2 Å². The number of anilines is 2. The predicted octanol–water partition coefficient (Wildman–Crippen LogP) is 3.23. The number of hydrogen-bond donors (Lipinski definition) is 4. The average Bonchev–Trinajstić information content (AvgIpc) is 3.41. The van der Waals surface area contributed by atoms with Gasteiger partial charge in [-0.25, -0.2) is 14.3 Å². The van der Waals surface area contributed by atoms with Crippen LogP contribution in [0.2, 0.25) is 0 Å². The number of alkyl halides is 3. The number of halogens is 3. The van der Waals surface area contributed by atoms with Gasteiger partial charge in [0.15, 0.2) is 5.65 Å².